The number of carbonyl (C=O) groups excluding carboxylic acids is 1. The van der Waals surface area contributed by atoms with Crippen LogP contribution in [0.5, 0.6) is 0 Å². The summed E-state index contributed by atoms with van der Waals surface area (Å²) in [5, 5.41) is 0. The molecule has 0 unspecified atom stereocenters. The van der Waals surface area contributed by atoms with Crippen LogP contribution in [-0.2, 0) is 4.79 Å². The van der Waals surface area contributed by atoms with Gasteiger partial charge in [-0.25, -0.2) is 0 Å². The fourth-order valence-corrected chi connectivity index (χ4v) is 1.90. The Balaban J connectivity index is 1.92. The van der Waals surface area contributed by atoms with E-state index >= 15 is 0 Å². The molecule has 0 aliphatic carbocycles. The molecule has 0 radical (unpaired) electrons. The van der Waals surface area contributed by atoms with Crippen molar-refractivity contribution in [2.24, 2.45) is 0 Å². The van der Waals surface area contributed by atoms with Crippen molar-refractivity contribution in [3.8, 4) is 0 Å². The zero-order valence-corrected chi connectivity index (χ0v) is 9.21. The van der Waals surface area contributed by atoms with Crippen LogP contribution < -0.4 is 4.90 Å². The number of nitrogens with zero attached hydrogens (tertiary/aromatic N) is 1. The standard InChI is InChI=1S/C15H11NO/c17-15-14(12-7-3-1-4-8-12)11-16(15)13-9-5-2-6-10-13/h1-11H. The highest BCUT2D eigenvalue weighted by Gasteiger charge is 2.28. The van der Waals surface area contributed by atoms with E-state index in [0.29, 0.717) is 0 Å². The maximum atomic E-state index is 12.0. The number of benzene rings is 2. The zero-order chi connectivity index (χ0) is 11.7. The number of hydrogen-bond donors (Lipinski definition) is 0. The molecule has 82 valence electrons. The Hall–Kier alpha value is -2.35. The molecule has 0 fully saturated rings. The molecule has 1 heterocycles. The fourth-order valence-electron chi connectivity index (χ4n) is 1.90. The van der Waals surface area contributed by atoms with Crippen LogP contribution in [0.1, 0.15) is 5.56 Å². The van der Waals surface area contributed by atoms with Gasteiger partial charge in [0.05, 0.1) is 5.57 Å². The van der Waals surface area contributed by atoms with Crippen LogP contribution in [0.2, 0.25) is 0 Å². The minimum atomic E-state index is 0.0578. The number of amides is 1. The highest BCUT2D eigenvalue weighted by Crippen LogP contribution is 2.30. The van der Waals surface area contributed by atoms with Crippen molar-refractivity contribution in [3.63, 3.8) is 0 Å². The van der Waals surface area contributed by atoms with E-state index in [1.165, 1.54) is 0 Å². The van der Waals surface area contributed by atoms with Gasteiger partial charge in [-0.3, -0.25) is 9.69 Å². The number of rotatable bonds is 2. The van der Waals surface area contributed by atoms with Gasteiger partial charge in [0.25, 0.3) is 5.91 Å². The normalized spacial score (nSPS) is 14.2. The van der Waals surface area contributed by atoms with Crippen molar-refractivity contribution < 1.29 is 4.79 Å². The minimum Gasteiger partial charge on any atom is -0.283 e. The van der Waals surface area contributed by atoms with Crippen molar-refractivity contribution in [1.29, 1.82) is 0 Å². The number of hydrogen-bond acceptors (Lipinski definition) is 1. The first-order valence-electron chi connectivity index (χ1n) is 5.52. The topological polar surface area (TPSA) is 20.3 Å². The van der Waals surface area contributed by atoms with Gasteiger partial charge in [-0.15, -0.1) is 0 Å². The highest BCUT2D eigenvalue weighted by molar-refractivity contribution is 6.34. The molecule has 2 nitrogen and oxygen atoms in total. The molecule has 0 spiro atoms. The van der Waals surface area contributed by atoms with E-state index in [9.17, 15) is 4.79 Å². The Morgan fingerprint density at radius 1 is 0.765 bits per heavy atom. The van der Waals surface area contributed by atoms with Gasteiger partial charge in [0.1, 0.15) is 0 Å². The van der Waals surface area contributed by atoms with Crippen LogP contribution in [0.15, 0.2) is 66.9 Å². The van der Waals surface area contributed by atoms with E-state index in [1.807, 2.05) is 66.9 Å². The highest BCUT2D eigenvalue weighted by atomic mass is 16.2. The summed E-state index contributed by atoms with van der Waals surface area (Å²) in [6, 6.07) is 19.4. The van der Waals surface area contributed by atoms with E-state index < -0.39 is 0 Å². The lowest BCUT2D eigenvalue weighted by Crippen LogP contribution is -2.35. The second-order valence-corrected chi connectivity index (χ2v) is 3.92. The maximum Gasteiger partial charge on any atom is 0.264 e. The molecule has 0 N–H and O–H groups in total. The van der Waals surface area contributed by atoms with Gasteiger partial charge < -0.3 is 0 Å². The second kappa shape index (κ2) is 3.91. The predicted octanol–water partition coefficient (Wildman–Crippen LogP) is 3.07. The average molecular weight is 221 g/mol. The lowest BCUT2D eigenvalue weighted by atomic mass is 10.0. The van der Waals surface area contributed by atoms with E-state index in [-0.39, 0.29) is 5.91 Å². The number of carbonyl (C=O) groups is 1. The Morgan fingerprint density at radius 3 is 1.94 bits per heavy atom. The molecule has 1 aliphatic rings. The summed E-state index contributed by atoms with van der Waals surface area (Å²) >= 11 is 0. The molecular formula is C15H11NO. The SMILES string of the molecule is O=C1C(c2ccccc2)=CN1c1ccccc1. The molecule has 1 aliphatic heterocycles. The quantitative estimate of drug-likeness (QED) is 0.763. The lowest BCUT2D eigenvalue weighted by molar-refractivity contribution is -0.113. The Labute approximate surface area is 99.8 Å². The fraction of sp³-hybridized carbons (Fsp3) is 0. The van der Waals surface area contributed by atoms with Gasteiger partial charge in [-0.2, -0.15) is 0 Å². The molecule has 17 heavy (non-hydrogen) atoms. The van der Waals surface area contributed by atoms with Gasteiger partial charge in [0, 0.05) is 11.9 Å². The Bertz CT molecular complexity index is 572. The molecule has 0 saturated carbocycles. The summed E-state index contributed by atoms with van der Waals surface area (Å²) in [7, 11) is 0. The average Bonchev–Trinajstić information content (AvgIpc) is 2.40. The van der Waals surface area contributed by atoms with Crippen LogP contribution in [0.3, 0.4) is 0 Å². The Morgan fingerprint density at radius 2 is 1.35 bits per heavy atom. The third-order valence-corrected chi connectivity index (χ3v) is 2.83. The van der Waals surface area contributed by atoms with Crippen LogP contribution in [0.25, 0.3) is 5.57 Å². The number of anilines is 1. The molecule has 0 saturated heterocycles. The molecule has 2 aromatic rings. The summed E-state index contributed by atoms with van der Waals surface area (Å²) < 4.78 is 0. The van der Waals surface area contributed by atoms with Crippen LogP contribution in [0, 0.1) is 0 Å². The molecule has 2 aromatic carbocycles. The molecular weight excluding hydrogens is 210 g/mol. The molecule has 0 atom stereocenters. The van der Waals surface area contributed by atoms with Crippen LogP contribution in [-0.4, -0.2) is 5.91 Å². The summed E-state index contributed by atoms with van der Waals surface area (Å²) in [6.45, 7) is 0. The van der Waals surface area contributed by atoms with E-state index in [2.05, 4.69) is 0 Å². The van der Waals surface area contributed by atoms with Gasteiger partial charge in [0.15, 0.2) is 0 Å². The zero-order valence-electron chi connectivity index (χ0n) is 9.21. The van der Waals surface area contributed by atoms with Crippen molar-refractivity contribution >= 4 is 17.2 Å². The van der Waals surface area contributed by atoms with Crippen molar-refractivity contribution in [3.05, 3.63) is 72.4 Å². The van der Waals surface area contributed by atoms with Crippen molar-refractivity contribution in [2.45, 2.75) is 0 Å². The first-order chi connectivity index (χ1) is 8.36. The van der Waals surface area contributed by atoms with Crippen LogP contribution >= 0.6 is 0 Å². The Kier molecular flexibility index (Phi) is 2.26. The molecule has 3 rings (SSSR count). The summed E-state index contributed by atoms with van der Waals surface area (Å²) in [4.78, 5) is 13.7. The van der Waals surface area contributed by atoms with Crippen LogP contribution in [0.4, 0.5) is 5.69 Å². The summed E-state index contributed by atoms with van der Waals surface area (Å²) in [6.07, 6.45) is 1.88. The van der Waals surface area contributed by atoms with Gasteiger partial charge in [-0.05, 0) is 17.7 Å². The third-order valence-electron chi connectivity index (χ3n) is 2.83. The van der Waals surface area contributed by atoms with Gasteiger partial charge in [0.2, 0.25) is 0 Å². The third kappa shape index (κ3) is 1.64. The smallest absolute Gasteiger partial charge is 0.264 e. The summed E-state index contributed by atoms with van der Waals surface area (Å²) in [5.41, 5.74) is 2.66. The molecule has 0 aromatic heterocycles. The van der Waals surface area contributed by atoms with Gasteiger partial charge in [-0.1, -0.05) is 48.5 Å². The molecule has 1 amide bonds. The maximum absolute atomic E-state index is 12.0. The largest absolute Gasteiger partial charge is 0.283 e. The predicted molar refractivity (Wildman–Crippen MR) is 68.3 cm³/mol. The first kappa shape index (κ1) is 9.85. The minimum absolute atomic E-state index is 0.0578. The van der Waals surface area contributed by atoms with E-state index in [1.54, 1.807) is 4.90 Å². The number of para-hydroxylation sites is 1. The van der Waals surface area contributed by atoms with Crippen molar-refractivity contribution in [1.82, 2.24) is 0 Å². The monoisotopic (exact) mass is 221 g/mol. The second-order valence-electron chi connectivity index (χ2n) is 3.92. The lowest BCUT2D eigenvalue weighted by Gasteiger charge is -2.29. The van der Waals surface area contributed by atoms with E-state index in [4.69, 9.17) is 0 Å². The first-order valence-corrected chi connectivity index (χ1v) is 5.52. The van der Waals surface area contributed by atoms with E-state index in [0.717, 1.165) is 16.8 Å². The summed E-state index contributed by atoms with van der Waals surface area (Å²) in [5.74, 6) is 0.0578. The molecule has 2 heteroatoms. The van der Waals surface area contributed by atoms with Crippen molar-refractivity contribution in [2.75, 3.05) is 4.90 Å². The van der Waals surface area contributed by atoms with Gasteiger partial charge >= 0.3 is 0 Å². The molecule has 0 bridgehead atoms.